The number of nitrogens with one attached hydrogen (secondary N) is 1. The number of hydrogen-bond donors (Lipinski definition) is 1. The summed E-state index contributed by atoms with van der Waals surface area (Å²) in [4.78, 5) is 9.31. The van der Waals surface area contributed by atoms with E-state index in [2.05, 4.69) is 17.2 Å². The summed E-state index contributed by atoms with van der Waals surface area (Å²) in [5, 5.41) is 3.52. The molecule has 0 amide bonds. The average molecular weight is 255 g/mol. The first-order valence-electron chi connectivity index (χ1n) is 7.20. The fourth-order valence-corrected chi connectivity index (χ4v) is 2.75. The van der Waals surface area contributed by atoms with E-state index in [9.17, 15) is 0 Å². The summed E-state index contributed by atoms with van der Waals surface area (Å²) < 4.78 is 0. The molecule has 3 heteroatoms. The molecule has 0 saturated heterocycles. The summed E-state index contributed by atoms with van der Waals surface area (Å²) in [6.45, 7) is 5.33. The molecule has 1 N–H and O–H groups in total. The summed E-state index contributed by atoms with van der Waals surface area (Å²) in [6.07, 6.45) is 5.30. The molecule has 0 bridgehead atoms. The zero-order valence-corrected chi connectivity index (χ0v) is 11.7. The maximum atomic E-state index is 4.69. The fraction of sp³-hybridized carbons (Fsp3) is 0.500. The van der Waals surface area contributed by atoms with Crippen molar-refractivity contribution in [1.29, 1.82) is 0 Å². The number of aromatic nitrogens is 2. The largest absolute Gasteiger partial charge is 0.368 e. The third-order valence-electron chi connectivity index (χ3n) is 4.11. The van der Waals surface area contributed by atoms with Crippen molar-refractivity contribution in [3.05, 3.63) is 30.0 Å². The van der Waals surface area contributed by atoms with Gasteiger partial charge in [-0.3, -0.25) is 0 Å². The van der Waals surface area contributed by atoms with Crippen molar-refractivity contribution in [2.24, 2.45) is 5.41 Å². The van der Waals surface area contributed by atoms with Crippen LogP contribution in [0.15, 0.2) is 24.3 Å². The van der Waals surface area contributed by atoms with Gasteiger partial charge in [-0.25, -0.2) is 9.97 Å². The molecule has 1 fully saturated rings. The molecule has 2 aromatic rings. The first-order chi connectivity index (χ1) is 9.22. The second kappa shape index (κ2) is 4.80. The Morgan fingerprint density at radius 2 is 1.84 bits per heavy atom. The Kier molecular flexibility index (Phi) is 3.13. The van der Waals surface area contributed by atoms with E-state index in [1.54, 1.807) is 0 Å². The van der Waals surface area contributed by atoms with Crippen LogP contribution in [0.25, 0.3) is 11.0 Å². The lowest BCUT2D eigenvalue weighted by Gasteiger charge is -2.16. The van der Waals surface area contributed by atoms with E-state index in [4.69, 9.17) is 4.98 Å². The van der Waals surface area contributed by atoms with Gasteiger partial charge in [-0.15, -0.1) is 0 Å². The standard InChI is InChI=1S/C16H21N3/c1-3-8-16(9-10-16)11-17-15-12(2)18-13-6-4-5-7-14(13)19-15/h4-7H,3,8-11H2,1-2H3,(H,17,19). The number of benzene rings is 1. The van der Waals surface area contributed by atoms with Gasteiger partial charge in [0.2, 0.25) is 0 Å². The highest BCUT2D eigenvalue weighted by molar-refractivity contribution is 5.76. The maximum absolute atomic E-state index is 4.69. The normalized spacial score (nSPS) is 16.5. The van der Waals surface area contributed by atoms with E-state index in [0.29, 0.717) is 5.41 Å². The van der Waals surface area contributed by atoms with Gasteiger partial charge < -0.3 is 5.32 Å². The van der Waals surface area contributed by atoms with Crippen LogP contribution in [0.4, 0.5) is 5.82 Å². The number of hydrogen-bond acceptors (Lipinski definition) is 3. The predicted molar refractivity (Wildman–Crippen MR) is 79.3 cm³/mol. The molecular formula is C16H21N3. The van der Waals surface area contributed by atoms with Gasteiger partial charge in [0.15, 0.2) is 0 Å². The predicted octanol–water partition coefficient (Wildman–Crippen LogP) is 3.93. The van der Waals surface area contributed by atoms with Crippen molar-refractivity contribution in [1.82, 2.24) is 9.97 Å². The van der Waals surface area contributed by atoms with Crippen molar-refractivity contribution in [2.75, 3.05) is 11.9 Å². The molecule has 19 heavy (non-hydrogen) atoms. The topological polar surface area (TPSA) is 37.8 Å². The molecule has 0 spiro atoms. The van der Waals surface area contributed by atoms with Crippen LogP contribution < -0.4 is 5.32 Å². The minimum absolute atomic E-state index is 0.536. The van der Waals surface area contributed by atoms with Gasteiger partial charge >= 0.3 is 0 Å². The lowest BCUT2D eigenvalue weighted by atomic mass is 10.0. The SMILES string of the molecule is CCCC1(CNc2nc3ccccc3nc2C)CC1. The zero-order valence-electron chi connectivity index (χ0n) is 11.7. The van der Waals surface area contributed by atoms with Crippen molar-refractivity contribution >= 4 is 16.9 Å². The van der Waals surface area contributed by atoms with Crippen LogP contribution in [0.3, 0.4) is 0 Å². The molecule has 0 atom stereocenters. The molecule has 1 heterocycles. The zero-order chi connectivity index (χ0) is 13.3. The van der Waals surface area contributed by atoms with Crippen LogP contribution >= 0.6 is 0 Å². The summed E-state index contributed by atoms with van der Waals surface area (Å²) in [5.41, 5.74) is 3.47. The molecule has 1 aliphatic carbocycles. The average Bonchev–Trinajstić information content (AvgIpc) is 3.17. The van der Waals surface area contributed by atoms with Crippen LogP contribution in [-0.2, 0) is 0 Å². The van der Waals surface area contributed by atoms with Crippen LogP contribution in [0, 0.1) is 12.3 Å². The number of nitrogens with zero attached hydrogens (tertiary/aromatic N) is 2. The smallest absolute Gasteiger partial charge is 0.148 e. The Balaban J connectivity index is 1.79. The Bertz CT molecular complexity index is 588. The van der Waals surface area contributed by atoms with E-state index in [0.717, 1.165) is 29.1 Å². The maximum Gasteiger partial charge on any atom is 0.148 e. The highest BCUT2D eigenvalue weighted by Gasteiger charge is 2.41. The van der Waals surface area contributed by atoms with Crippen LogP contribution in [0.1, 0.15) is 38.3 Å². The Morgan fingerprint density at radius 1 is 1.16 bits per heavy atom. The molecule has 0 radical (unpaired) electrons. The summed E-state index contributed by atoms with van der Waals surface area (Å²) in [6, 6.07) is 8.05. The third-order valence-corrected chi connectivity index (χ3v) is 4.11. The minimum atomic E-state index is 0.536. The second-order valence-electron chi connectivity index (χ2n) is 5.75. The molecule has 3 rings (SSSR count). The van der Waals surface area contributed by atoms with Gasteiger partial charge in [0.25, 0.3) is 0 Å². The fourth-order valence-electron chi connectivity index (χ4n) is 2.75. The van der Waals surface area contributed by atoms with Crippen molar-refractivity contribution in [3.63, 3.8) is 0 Å². The van der Waals surface area contributed by atoms with E-state index >= 15 is 0 Å². The van der Waals surface area contributed by atoms with E-state index in [-0.39, 0.29) is 0 Å². The highest BCUT2D eigenvalue weighted by atomic mass is 15.0. The molecule has 0 aliphatic heterocycles. The Hall–Kier alpha value is -1.64. The lowest BCUT2D eigenvalue weighted by Crippen LogP contribution is -2.17. The number of rotatable bonds is 5. The number of para-hydroxylation sites is 2. The highest BCUT2D eigenvalue weighted by Crippen LogP contribution is 2.49. The molecule has 100 valence electrons. The Morgan fingerprint density at radius 3 is 2.47 bits per heavy atom. The van der Waals surface area contributed by atoms with Crippen LogP contribution in [0.2, 0.25) is 0 Å². The van der Waals surface area contributed by atoms with Crippen molar-refractivity contribution < 1.29 is 0 Å². The summed E-state index contributed by atoms with van der Waals surface area (Å²) >= 11 is 0. The van der Waals surface area contributed by atoms with E-state index < -0.39 is 0 Å². The summed E-state index contributed by atoms with van der Waals surface area (Å²) in [7, 11) is 0. The number of anilines is 1. The molecule has 1 aromatic carbocycles. The van der Waals surface area contributed by atoms with E-state index in [1.807, 2.05) is 31.2 Å². The molecular weight excluding hydrogens is 234 g/mol. The van der Waals surface area contributed by atoms with Gasteiger partial charge in [-0.2, -0.15) is 0 Å². The minimum Gasteiger partial charge on any atom is -0.368 e. The molecule has 1 saturated carbocycles. The molecule has 0 unspecified atom stereocenters. The second-order valence-corrected chi connectivity index (χ2v) is 5.75. The Labute approximate surface area is 114 Å². The first kappa shape index (κ1) is 12.4. The monoisotopic (exact) mass is 255 g/mol. The molecule has 1 aliphatic rings. The molecule has 3 nitrogen and oxygen atoms in total. The van der Waals surface area contributed by atoms with Crippen molar-refractivity contribution in [3.8, 4) is 0 Å². The quantitative estimate of drug-likeness (QED) is 0.879. The van der Waals surface area contributed by atoms with Crippen molar-refractivity contribution in [2.45, 2.75) is 39.5 Å². The number of aryl methyl sites for hydroxylation is 1. The van der Waals surface area contributed by atoms with E-state index in [1.165, 1.54) is 25.7 Å². The van der Waals surface area contributed by atoms with Gasteiger partial charge in [0.05, 0.1) is 16.7 Å². The lowest BCUT2D eigenvalue weighted by molar-refractivity contribution is 0.485. The van der Waals surface area contributed by atoms with Crippen LogP contribution in [-0.4, -0.2) is 16.5 Å². The summed E-state index contributed by atoms with van der Waals surface area (Å²) in [5.74, 6) is 0.945. The van der Waals surface area contributed by atoms with Gasteiger partial charge in [-0.1, -0.05) is 25.5 Å². The van der Waals surface area contributed by atoms with Gasteiger partial charge in [0.1, 0.15) is 5.82 Å². The van der Waals surface area contributed by atoms with Gasteiger partial charge in [-0.05, 0) is 43.7 Å². The molecule has 1 aromatic heterocycles. The third kappa shape index (κ3) is 2.55. The van der Waals surface area contributed by atoms with Gasteiger partial charge in [0, 0.05) is 6.54 Å². The number of fused-ring (bicyclic) bond motifs is 1. The van der Waals surface area contributed by atoms with Crippen LogP contribution in [0.5, 0.6) is 0 Å². The first-order valence-corrected chi connectivity index (χ1v) is 7.20.